The normalized spacial score (nSPS) is 9.44. The molecule has 0 saturated heterocycles. The van der Waals surface area contributed by atoms with Crippen molar-refractivity contribution in [3.63, 3.8) is 0 Å². The molecule has 0 bridgehead atoms. The molecule has 3 heteroatoms. The Bertz CT molecular complexity index is 200. The molecule has 1 atom stereocenters. The maximum Gasteiger partial charge on any atom is 0.126 e. The monoisotopic (exact) mass is 140 g/mol. The smallest absolute Gasteiger partial charge is 0.126 e. The molecule has 1 rings (SSSR count). The van der Waals surface area contributed by atoms with Crippen LogP contribution in [-0.2, 0) is 6.16 Å². The van der Waals surface area contributed by atoms with E-state index in [0.29, 0.717) is 5.82 Å². The first-order valence-corrected chi connectivity index (χ1v) is 3.55. The van der Waals surface area contributed by atoms with Crippen molar-refractivity contribution in [2.75, 3.05) is 5.73 Å². The Morgan fingerprint density at radius 2 is 2.44 bits per heavy atom. The van der Waals surface area contributed by atoms with Crippen LogP contribution in [-0.4, -0.2) is 4.98 Å². The SMILES string of the molecule is Nc1ncccc1CP. The van der Waals surface area contributed by atoms with Crippen LogP contribution in [0.5, 0.6) is 0 Å². The first-order valence-electron chi connectivity index (χ1n) is 2.74. The summed E-state index contributed by atoms with van der Waals surface area (Å²) in [6.45, 7) is 0. The van der Waals surface area contributed by atoms with Crippen molar-refractivity contribution in [2.24, 2.45) is 0 Å². The molecule has 0 aliphatic heterocycles. The molecule has 1 aromatic heterocycles. The minimum absolute atomic E-state index is 0.632. The van der Waals surface area contributed by atoms with E-state index >= 15 is 0 Å². The van der Waals surface area contributed by atoms with Crippen LogP contribution in [0.2, 0.25) is 0 Å². The van der Waals surface area contributed by atoms with E-state index in [0.717, 1.165) is 11.7 Å². The quantitative estimate of drug-likeness (QED) is 0.592. The lowest BCUT2D eigenvalue weighted by atomic mass is 10.3. The second-order valence-electron chi connectivity index (χ2n) is 1.75. The van der Waals surface area contributed by atoms with Crippen LogP contribution in [0.25, 0.3) is 0 Å². The summed E-state index contributed by atoms with van der Waals surface area (Å²) in [5.41, 5.74) is 6.59. The van der Waals surface area contributed by atoms with Gasteiger partial charge in [0.05, 0.1) is 0 Å². The van der Waals surface area contributed by atoms with Crippen molar-refractivity contribution in [3.05, 3.63) is 23.9 Å². The molecule has 2 N–H and O–H groups in total. The topological polar surface area (TPSA) is 38.9 Å². The van der Waals surface area contributed by atoms with Gasteiger partial charge in [0, 0.05) is 6.20 Å². The van der Waals surface area contributed by atoms with Gasteiger partial charge in [0.15, 0.2) is 0 Å². The van der Waals surface area contributed by atoms with E-state index in [-0.39, 0.29) is 0 Å². The molecule has 1 aromatic rings. The third-order valence-electron chi connectivity index (χ3n) is 1.15. The van der Waals surface area contributed by atoms with E-state index in [2.05, 4.69) is 14.2 Å². The van der Waals surface area contributed by atoms with Gasteiger partial charge >= 0.3 is 0 Å². The summed E-state index contributed by atoms with van der Waals surface area (Å²) in [6.07, 6.45) is 2.57. The van der Waals surface area contributed by atoms with Crippen LogP contribution in [0.3, 0.4) is 0 Å². The molecule has 0 saturated carbocycles. The zero-order valence-electron chi connectivity index (χ0n) is 5.04. The molecule has 0 aliphatic carbocycles. The summed E-state index contributed by atoms with van der Waals surface area (Å²) >= 11 is 0. The van der Waals surface area contributed by atoms with Crippen molar-refractivity contribution in [1.29, 1.82) is 0 Å². The number of aromatic nitrogens is 1. The van der Waals surface area contributed by atoms with Crippen LogP contribution >= 0.6 is 9.24 Å². The Hall–Kier alpha value is -0.620. The van der Waals surface area contributed by atoms with Crippen LogP contribution < -0.4 is 5.73 Å². The number of nitrogens with two attached hydrogens (primary N) is 1. The number of hydrogen-bond donors (Lipinski definition) is 1. The minimum atomic E-state index is 0.632. The van der Waals surface area contributed by atoms with E-state index in [9.17, 15) is 0 Å². The van der Waals surface area contributed by atoms with Gasteiger partial charge in [0.25, 0.3) is 0 Å². The van der Waals surface area contributed by atoms with Gasteiger partial charge in [-0.05, 0) is 17.8 Å². The van der Waals surface area contributed by atoms with Crippen molar-refractivity contribution in [2.45, 2.75) is 6.16 Å². The van der Waals surface area contributed by atoms with Gasteiger partial charge in [-0.25, -0.2) is 4.98 Å². The first kappa shape index (κ1) is 6.50. The van der Waals surface area contributed by atoms with E-state index in [4.69, 9.17) is 5.73 Å². The molecular formula is C6H9N2P. The standard InChI is InChI=1S/C6H9N2P/c7-6-5(4-9)2-1-3-8-6/h1-3H,4,9H2,(H2,7,8). The van der Waals surface area contributed by atoms with E-state index in [1.54, 1.807) is 6.20 Å². The molecule has 0 spiro atoms. The Balaban J connectivity index is 3.01. The van der Waals surface area contributed by atoms with Gasteiger partial charge < -0.3 is 5.73 Å². The molecule has 48 valence electrons. The molecule has 1 heterocycles. The predicted octanol–water partition coefficient (Wildman–Crippen LogP) is 1.04. The van der Waals surface area contributed by atoms with Gasteiger partial charge in [-0.3, -0.25) is 0 Å². The van der Waals surface area contributed by atoms with Crippen LogP contribution in [0.1, 0.15) is 5.56 Å². The highest BCUT2D eigenvalue weighted by molar-refractivity contribution is 7.15. The highest BCUT2D eigenvalue weighted by atomic mass is 31.0. The maximum atomic E-state index is 5.51. The Labute approximate surface area is 56.7 Å². The van der Waals surface area contributed by atoms with Crippen LogP contribution in [0.15, 0.2) is 18.3 Å². The van der Waals surface area contributed by atoms with Crippen molar-refractivity contribution >= 4 is 15.1 Å². The number of anilines is 1. The minimum Gasteiger partial charge on any atom is -0.383 e. The summed E-state index contributed by atoms with van der Waals surface area (Å²) in [4.78, 5) is 3.91. The Morgan fingerprint density at radius 1 is 1.67 bits per heavy atom. The van der Waals surface area contributed by atoms with Gasteiger partial charge in [-0.15, -0.1) is 9.24 Å². The molecular weight excluding hydrogens is 131 g/mol. The maximum absolute atomic E-state index is 5.51. The highest BCUT2D eigenvalue weighted by Gasteiger charge is 1.92. The lowest BCUT2D eigenvalue weighted by molar-refractivity contribution is 1.26. The fourth-order valence-corrected chi connectivity index (χ4v) is 0.969. The largest absolute Gasteiger partial charge is 0.383 e. The summed E-state index contributed by atoms with van der Waals surface area (Å²) < 4.78 is 0. The highest BCUT2D eigenvalue weighted by Crippen LogP contribution is 2.09. The Morgan fingerprint density at radius 3 is 2.89 bits per heavy atom. The van der Waals surface area contributed by atoms with Crippen LogP contribution in [0, 0.1) is 0 Å². The summed E-state index contributed by atoms with van der Waals surface area (Å²) in [5, 5.41) is 0. The summed E-state index contributed by atoms with van der Waals surface area (Å²) in [6, 6.07) is 3.85. The lowest BCUT2D eigenvalue weighted by Crippen LogP contribution is -1.93. The van der Waals surface area contributed by atoms with Crippen molar-refractivity contribution < 1.29 is 0 Å². The van der Waals surface area contributed by atoms with E-state index in [1.807, 2.05) is 12.1 Å². The number of rotatable bonds is 1. The number of nitrogens with zero attached hydrogens (tertiary/aromatic N) is 1. The molecule has 0 radical (unpaired) electrons. The third-order valence-corrected chi connectivity index (χ3v) is 1.59. The second kappa shape index (κ2) is 2.79. The van der Waals surface area contributed by atoms with Gasteiger partial charge in [-0.2, -0.15) is 0 Å². The van der Waals surface area contributed by atoms with Gasteiger partial charge in [0.1, 0.15) is 5.82 Å². The number of pyridine rings is 1. The zero-order valence-corrected chi connectivity index (χ0v) is 6.20. The van der Waals surface area contributed by atoms with Gasteiger partial charge in [0.2, 0.25) is 0 Å². The van der Waals surface area contributed by atoms with Crippen molar-refractivity contribution in [1.82, 2.24) is 4.98 Å². The average molecular weight is 140 g/mol. The Kier molecular flexibility index (Phi) is 2.01. The third kappa shape index (κ3) is 1.39. The average Bonchev–Trinajstić information content (AvgIpc) is 1.89. The molecule has 2 nitrogen and oxygen atoms in total. The molecule has 1 unspecified atom stereocenters. The second-order valence-corrected chi connectivity index (χ2v) is 2.16. The molecule has 9 heavy (non-hydrogen) atoms. The molecule has 0 aliphatic rings. The lowest BCUT2D eigenvalue weighted by Gasteiger charge is -1.97. The summed E-state index contributed by atoms with van der Waals surface area (Å²) in [7, 11) is 2.61. The number of nitrogen functional groups attached to an aromatic ring is 1. The zero-order chi connectivity index (χ0) is 6.69. The first-order chi connectivity index (χ1) is 4.34. The van der Waals surface area contributed by atoms with Crippen LogP contribution in [0.4, 0.5) is 5.82 Å². The molecule has 0 aromatic carbocycles. The molecule has 0 amide bonds. The van der Waals surface area contributed by atoms with Crippen molar-refractivity contribution in [3.8, 4) is 0 Å². The fraction of sp³-hybridized carbons (Fsp3) is 0.167. The van der Waals surface area contributed by atoms with E-state index < -0.39 is 0 Å². The summed E-state index contributed by atoms with van der Waals surface area (Å²) in [5.74, 6) is 0.632. The fourth-order valence-electron chi connectivity index (χ4n) is 0.623. The number of hydrogen-bond acceptors (Lipinski definition) is 2. The van der Waals surface area contributed by atoms with E-state index in [1.165, 1.54) is 0 Å². The van der Waals surface area contributed by atoms with Gasteiger partial charge in [-0.1, -0.05) is 6.07 Å². The predicted molar refractivity (Wildman–Crippen MR) is 42.1 cm³/mol. The molecule has 0 fully saturated rings.